The molecule has 0 aliphatic carbocycles. The van der Waals surface area contributed by atoms with Crippen molar-refractivity contribution in [1.82, 2.24) is 24.9 Å². The lowest BCUT2D eigenvalue weighted by molar-refractivity contribution is 0.223. The van der Waals surface area contributed by atoms with Gasteiger partial charge in [0.1, 0.15) is 0 Å². The van der Waals surface area contributed by atoms with Crippen LogP contribution in [0.4, 0.5) is 0 Å². The molecule has 3 heterocycles. The predicted molar refractivity (Wildman–Crippen MR) is 94.8 cm³/mol. The Morgan fingerprint density at radius 3 is 2.68 bits per heavy atom. The van der Waals surface area contributed by atoms with E-state index in [1.54, 1.807) is 0 Å². The maximum Gasteiger partial charge on any atom is 0.247 e. The smallest absolute Gasteiger partial charge is 0.247 e. The van der Waals surface area contributed by atoms with Gasteiger partial charge in [-0.25, -0.2) is 0 Å². The molecule has 1 aliphatic heterocycles. The zero-order valence-corrected chi connectivity index (χ0v) is 14.9. The summed E-state index contributed by atoms with van der Waals surface area (Å²) in [4.78, 5) is 2.43. The maximum atomic E-state index is 5.90. The number of aryl methyl sites for hydroxylation is 2. The van der Waals surface area contributed by atoms with Crippen molar-refractivity contribution < 1.29 is 4.42 Å². The highest BCUT2D eigenvalue weighted by Gasteiger charge is 2.31. The Morgan fingerprint density at radius 2 is 1.96 bits per heavy atom. The van der Waals surface area contributed by atoms with Gasteiger partial charge in [-0.15, -0.1) is 10.2 Å². The van der Waals surface area contributed by atoms with Crippen LogP contribution >= 0.6 is 0 Å². The molecule has 130 valence electrons. The lowest BCUT2D eigenvalue weighted by Crippen LogP contribution is -2.23. The molecule has 0 spiro atoms. The fourth-order valence-corrected chi connectivity index (χ4v) is 3.80. The van der Waals surface area contributed by atoms with Crippen molar-refractivity contribution in [1.29, 1.82) is 0 Å². The first-order valence-electron chi connectivity index (χ1n) is 8.75. The quantitative estimate of drug-likeness (QED) is 0.730. The number of rotatable bonds is 4. The summed E-state index contributed by atoms with van der Waals surface area (Å²) in [6, 6.07) is 10.3. The van der Waals surface area contributed by atoms with Gasteiger partial charge in [0, 0.05) is 29.9 Å². The second kappa shape index (κ2) is 6.44. The summed E-state index contributed by atoms with van der Waals surface area (Å²) >= 11 is 0. The van der Waals surface area contributed by atoms with Crippen LogP contribution < -0.4 is 0 Å². The molecule has 6 nitrogen and oxygen atoms in total. The van der Waals surface area contributed by atoms with Gasteiger partial charge in [-0.05, 0) is 45.4 Å². The van der Waals surface area contributed by atoms with E-state index in [4.69, 9.17) is 4.42 Å². The van der Waals surface area contributed by atoms with Gasteiger partial charge in [0.2, 0.25) is 11.8 Å². The van der Waals surface area contributed by atoms with E-state index in [0.717, 1.165) is 24.2 Å². The summed E-state index contributed by atoms with van der Waals surface area (Å²) < 4.78 is 7.87. The van der Waals surface area contributed by atoms with Gasteiger partial charge in [0.25, 0.3) is 0 Å². The molecular formula is C19H23N5O. The van der Waals surface area contributed by atoms with Crippen molar-refractivity contribution in [3.8, 4) is 11.5 Å². The fourth-order valence-electron chi connectivity index (χ4n) is 3.80. The lowest BCUT2D eigenvalue weighted by atomic mass is 10.0. The third kappa shape index (κ3) is 2.98. The third-order valence-corrected chi connectivity index (χ3v) is 5.09. The second-order valence-electron chi connectivity index (χ2n) is 6.70. The van der Waals surface area contributed by atoms with Gasteiger partial charge >= 0.3 is 0 Å². The van der Waals surface area contributed by atoms with Crippen molar-refractivity contribution in [3.05, 3.63) is 53.2 Å². The Hall–Kier alpha value is -2.47. The van der Waals surface area contributed by atoms with Gasteiger partial charge < -0.3 is 4.42 Å². The maximum absolute atomic E-state index is 5.90. The molecule has 25 heavy (non-hydrogen) atoms. The molecular weight excluding hydrogens is 314 g/mol. The van der Waals surface area contributed by atoms with Crippen molar-refractivity contribution in [2.24, 2.45) is 7.05 Å². The minimum atomic E-state index is 0.376. The number of hydrogen-bond donors (Lipinski definition) is 0. The summed E-state index contributed by atoms with van der Waals surface area (Å²) in [5.41, 5.74) is 4.67. The van der Waals surface area contributed by atoms with E-state index in [-0.39, 0.29) is 0 Å². The molecule has 1 saturated heterocycles. The largest absolute Gasteiger partial charge is 0.419 e. The van der Waals surface area contributed by atoms with Crippen LogP contribution in [0.25, 0.3) is 11.5 Å². The van der Waals surface area contributed by atoms with Crippen LogP contribution in [0, 0.1) is 13.8 Å². The van der Waals surface area contributed by atoms with Gasteiger partial charge in [-0.2, -0.15) is 5.10 Å². The van der Waals surface area contributed by atoms with Crippen LogP contribution in [0.15, 0.2) is 34.7 Å². The molecule has 4 rings (SSSR count). The molecule has 0 saturated carbocycles. The van der Waals surface area contributed by atoms with Gasteiger partial charge in [0.05, 0.1) is 12.2 Å². The zero-order chi connectivity index (χ0) is 17.4. The SMILES string of the molecule is Cc1nn(C)c(C)c1[C@@H]1CCCN1Cc1nnc(-c2ccccc2)o1. The topological polar surface area (TPSA) is 60.0 Å². The van der Waals surface area contributed by atoms with E-state index in [1.165, 1.54) is 17.7 Å². The summed E-state index contributed by atoms with van der Waals surface area (Å²) in [6.45, 7) is 5.96. The van der Waals surface area contributed by atoms with Gasteiger partial charge in [0.15, 0.2) is 0 Å². The first-order chi connectivity index (χ1) is 12.1. The van der Waals surface area contributed by atoms with E-state index >= 15 is 0 Å². The minimum absolute atomic E-state index is 0.376. The molecule has 0 radical (unpaired) electrons. The van der Waals surface area contributed by atoms with Crippen molar-refractivity contribution in [2.75, 3.05) is 6.54 Å². The van der Waals surface area contributed by atoms with Crippen LogP contribution in [0.3, 0.4) is 0 Å². The second-order valence-corrected chi connectivity index (χ2v) is 6.70. The highest BCUT2D eigenvalue weighted by atomic mass is 16.4. The Labute approximate surface area is 147 Å². The molecule has 0 N–H and O–H groups in total. The highest BCUT2D eigenvalue weighted by Crippen LogP contribution is 2.36. The number of aromatic nitrogens is 4. The monoisotopic (exact) mass is 337 g/mol. The average Bonchev–Trinajstić information content (AvgIpc) is 3.31. The van der Waals surface area contributed by atoms with E-state index in [2.05, 4.69) is 34.0 Å². The van der Waals surface area contributed by atoms with E-state index < -0.39 is 0 Å². The number of likely N-dealkylation sites (tertiary alicyclic amines) is 1. The predicted octanol–water partition coefficient (Wildman–Crippen LogP) is 3.42. The van der Waals surface area contributed by atoms with Crippen LogP contribution in [-0.4, -0.2) is 31.4 Å². The third-order valence-electron chi connectivity index (χ3n) is 5.09. The molecule has 0 bridgehead atoms. The van der Waals surface area contributed by atoms with E-state index in [9.17, 15) is 0 Å². The first kappa shape index (κ1) is 16.0. The molecule has 1 aliphatic rings. The standard InChI is InChI=1S/C19H23N5O/c1-13-18(14(2)23(3)22-13)16-10-7-11-24(16)12-17-20-21-19(25-17)15-8-5-4-6-9-15/h4-6,8-9,16H,7,10-12H2,1-3H3/t16-/m0/s1. The Kier molecular flexibility index (Phi) is 4.13. The van der Waals surface area contributed by atoms with Gasteiger partial charge in [-0.1, -0.05) is 18.2 Å². The van der Waals surface area contributed by atoms with Crippen molar-refractivity contribution >= 4 is 0 Å². The molecule has 0 amide bonds. The van der Waals surface area contributed by atoms with Crippen LogP contribution in [0.2, 0.25) is 0 Å². The van der Waals surface area contributed by atoms with E-state index in [1.807, 2.05) is 42.1 Å². The molecule has 1 fully saturated rings. The molecule has 0 unspecified atom stereocenters. The van der Waals surface area contributed by atoms with E-state index in [0.29, 0.717) is 24.4 Å². The van der Waals surface area contributed by atoms with Gasteiger partial charge in [-0.3, -0.25) is 9.58 Å². The lowest BCUT2D eigenvalue weighted by Gasteiger charge is -2.23. The van der Waals surface area contributed by atoms with Crippen LogP contribution in [0.1, 0.15) is 41.7 Å². The van der Waals surface area contributed by atoms with Crippen molar-refractivity contribution in [3.63, 3.8) is 0 Å². The highest BCUT2D eigenvalue weighted by molar-refractivity contribution is 5.51. The number of nitrogens with zero attached hydrogens (tertiary/aromatic N) is 5. The molecule has 2 aromatic heterocycles. The summed E-state index contributed by atoms with van der Waals surface area (Å²) in [5, 5.41) is 13.0. The Morgan fingerprint density at radius 1 is 1.16 bits per heavy atom. The summed E-state index contributed by atoms with van der Waals surface area (Å²) in [7, 11) is 2.01. The van der Waals surface area contributed by atoms with Crippen molar-refractivity contribution in [2.45, 2.75) is 39.3 Å². The molecule has 1 atom stereocenters. The fraction of sp³-hybridized carbons (Fsp3) is 0.421. The Balaban J connectivity index is 1.55. The normalized spacial score (nSPS) is 18.1. The summed E-state index contributed by atoms with van der Waals surface area (Å²) in [6.07, 6.45) is 2.32. The minimum Gasteiger partial charge on any atom is -0.419 e. The zero-order valence-electron chi connectivity index (χ0n) is 14.9. The summed E-state index contributed by atoms with van der Waals surface area (Å²) in [5.74, 6) is 1.25. The van der Waals surface area contributed by atoms with Crippen LogP contribution in [-0.2, 0) is 13.6 Å². The van der Waals surface area contributed by atoms with Crippen LogP contribution in [0.5, 0.6) is 0 Å². The molecule has 3 aromatic rings. The molecule has 1 aromatic carbocycles. The molecule has 6 heteroatoms. The number of benzene rings is 1. The first-order valence-corrected chi connectivity index (χ1v) is 8.75. The number of hydrogen-bond acceptors (Lipinski definition) is 5. The average molecular weight is 337 g/mol. The Bertz CT molecular complexity index is 867.